The number of carbonyl (C=O) groups excluding carboxylic acids is 1. The van der Waals surface area contributed by atoms with Crippen LogP contribution in [0.1, 0.15) is 18.4 Å². The van der Waals surface area contributed by atoms with Gasteiger partial charge in [0.25, 0.3) is 0 Å². The van der Waals surface area contributed by atoms with Crippen LogP contribution < -0.4 is 5.32 Å². The zero-order chi connectivity index (χ0) is 11.9. The minimum absolute atomic E-state index is 0.0932. The Labute approximate surface area is 101 Å². The largest absolute Gasteiger partial charge is 0.376 e. The highest BCUT2D eigenvalue weighted by Gasteiger charge is 2.15. The first-order valence-electron chi connectivity index (χ1n) is 5.82. The van der Waals surface area contributed by atoms with Gasteiger partial charge in [-0.2, -0.15) is 0 Å². The molecule has 1 saturated heterocycles. The highest BCUT2D eigenvalue weighted by molar-refractivity contribution is 5.91. The Balaban J connectivity index is 1.75. The number of hydrogen-bond acceptors (Lipinski definition) is 3. The Bertz CT molecular complexity index is 384. The maximum atomic E-state index is 11.5. The molecule has 0 spiro atoms. The van der Waals surface area contributed by atoms with Crippen molar-refractivity contribution in [3.05, 3.63) is 36.2 Å². The van der Waals surface area contributed by atoms with Gasteiger partial charge < -0.3 is 10.1 Å². The molecule has 1 aromatic rings. The fraction of sp³-hybridized carbons (Fsp3) is 0.385. The standard InChI is InChI=1S/C13H16N2O2/c16-13(15-10-12-4-2-8-17-12)6-5-11-3-1-7-14-9-11/h1,3,5-7,9,12H,2,4,8,10H2,(H,15,16)/b6-5+. The molecule has 1 unspecified atom stereocenters. The van der Waals surface area contributed by atoms with Gasteiger partial charge in [-0.1, -0.05) is 6.07 Å². The van der Waals surface area contributed by atoms with Crippen molar-refractivity contribution in [2.45, 2.75) is 18.9 Å². The van der Waals surface area contributed by atoms with Crippen molar-refractivity contribution in [2.75, 3.05) is 13.2 Å². The van der Waals surface area contributed by atoms with E-state index in [4.69, 9.17) is 4.74 Å². The van der Waals surface area contributed by atoms with Crippen LogP contribution in [0.4, 0.5) is 0 Å². The minimum Gasteiger partial charge on any atom is -0.376 e. The van der Waals surface area contributed by atoms with Crippen LogP contribution in [0.25, 0.3) is 6.08 Å². The first kappa shape index (κ1) is 11.8. The first-order chi connectivity index (χ1) is 8.34. The average Bonchev–Trinajstić information content (AvgIpc) is 2.88. The quantitative estimate of drug-likeness (QED) is 0.798. The lowest BCUT2D eigenvalue weighted by Crippen LogP contribution is -2.30. The van der Waals surface area contributed by atoms with Gasteiger partial charge >= 0.3 is 0 Å². The molecule has 0 aliphatic carbocycles. The van der Waals surface area contributed by atoms with Crippen molar-refractivity contribution in [2.24, 2.45) is 0 Å². The molecule has 0 saturated carbocycles. The van der Waals surface area contributed by atoms with Crippen LogP contribution in [0.15, 0.2) is 30.6 Å². The summed E-state index contributed by atoms with van der Waals surface area (Å²) in [5, 5.41) is 2.82. The van der Waals surface area contributed by atoms with Crippen molar-refractivity contribution >= 4 is 12.0 Å². The van der Waals surface area contributed by atoms with Crippen molar-refractivity contribution in [1.82, 2.24) is 10.3 Å². The molecule has 1 aromatic heterocycles. The van der Waals surface area contributed by atoms with Crippen LogP contribution in [0, 0.1) is 0 Å². The number of ether oxygens (including phenoxy) is 1. The van der Waals surface area contributed by atoms with Crippen LogP contribution in [0.2, 0.25) is 0 Å². The number of hydrogen-bond donors (Lipinski definition) is 1. The number of carbonyl (C=O) groups is 1. The molecule has 1 aliphatic rings. The van der Waals surface area contributed by atoms with Gasteiger partial charge in [-0.3, -0.25) is 9.78 Å². The number of rotatable bonds is 4. The van der Waals surface area contributed by atoms with Gasteiger partial charge in [-0.25, -0.2) is 0 Å². The van der Waals surface area contributed by atoms with E-state index >= 15 is 0 Å². The number of amides is 1. The molecule has 1 N–H and O–H groups in total. The Hall–Kier alpha value is -1.68. The molecule has 1 fully saturated rings. The average molecular weight is 232 g/mol. The van der Waals surface area contributed by atoms with E-state index in [9.17, 15) is 4.79 Å². The van der Waals surface area contributed by atoms with Crippen molar-refractivity contribution in [1.29, 1.82) is 0 Å². The molecule has 0 radical (unpaired) electrons. The highest BCUT2D eigenvalue weighted by Crippen LogP contribution is 2.10. The van der Waals surface area contributed by atoms with Crippen molar-refractivity contribution < 1.29 is 9.53 Å². The SMILES string of the molecule is O=C(/C=C/c1cccnc1)NCC1CCCO1. The fourth-order valence-electron chi connectivity index (χ4n) is 1.73. The molecule has 0 aromatic carbocycles. The maximum Gasteiger partial charge on any atom is 0.244 e. The molecule has 2 heterocycles. The molecule has 4 nitrogen and oxygen atoms in total. The number of aromatic nitrogens is 1. The van der Waals surface area contributed by atoms with E-state index in [-0.39, 0.29) is 12.0 Å². The third-order valence-electron chi connectivity index (χ3n) is 2.64. The van der Waals surface area contributed by atoms with Crippen LogP contribution in [0.3, 0.4) is 0 Å². The van der Waals surface area contributed by atoms with Gasteiger partial charge in [0.15, 0.2) is 0 Å². The lowest BCUT2D eigenvalue weighted by atomic mass is 10.2. The molecule has 1 atom stereocenters. The van der Waals surface area contributed by atoms with Crippen molar-refractivity contribution in [3.8, 4) is 0 Å². The summed E-state index contributed by atoms with van der Waals surface area (Å²) in [5.41, 5.74) is 0.916. The summed E-state index contributed by atoms with van der Waals surface area (Å²) in [4.78, 5) is 15.5. The van der Waals surface area contributed by atoms with Crippen LogP contribution >= 0.6 is 0 Å². The fourth-order valence-corrected chi connectivity index (χ4v) is 1.73. The molecule has 17 heavy (non-hydrogen) atoms. The summed E-state index contributed by atoms with van der Waals surface area (Å²) in [6, 6.07) is 3.74. The van der Waals surface area contributed by atoms with Gasteiger partial charge in [0.1, 0.15) is 0 Å². The van der Waals surface area contributed by atoms with E-state index < -0.39 is 0 Å². The topological polar surface area (TPSA) is 51.2 Å². The molecule has 4 heteroatoms. The molecule has 90 valence electrons. The van der Waals surface area contributed by atoms with Crippen LogP contribution in [-0.4, -0.2) is 30.1 Å². The predicted octanol–water partition coefficient (Wildman–Crippen LogP) is 1.39. The first-order valence-corrected chi connectivity index (χ1v) is 5.82. The van der Waals surface area contributed by atoms with Crippen molar-refractivity contribution in [3.63, 3.8) is 0 Å². The lowest BCUT2D eigenvalue weighted by Gasteiger charge is -2.08. The summed E-state index contributed by atoms with van der Waals surface area (Å²) in [5.74, 6) is -0.0932. The highest BCUT2D eigenvalue weighted by atomic mass is 16.5. The number of nitrogens with one attached hydrogen (secondary N) is 1. The maximum absolute atomic E-state index is 11.5. The lowest BCUT2D eigenvalue weighted by molar-refractivity contribution is -0.116. The number of nitrogens with zero attached hydrogens (tertiary/aromatic N) is 1. The van der Waals surface area contributed by atoms with E-state index in [1.54, 1.807) is 18.5 Å². The number of pyridine rings is 1. The van der Waals surface area contributed by atoms with Gasteiger partial charge in [-0.05, 0) is 30.5 Å². The van der Waals surface area contributed by atoms with Gasteiger partial charge in [0, 0.05) is 31.6 Å². The Morgan fingerprint density at radius 2 is 2.59 bits per heavy atom. The van der Waals surface area contributed by atoms with Gasteiger partial charge in [0.2, 0.25) is 5.91 Å². The summed E-state index contributed by atoms with van der Waals surface area (Å²) < 4.78 is 5.42. The van der Waals surface area contributed by atoms with E-state index in [1.165, 1.54) is 6.08 Å². The monoisotopic (exact) mass is 232 g/mol. The summed E-state index contributed by atoms with van der Waals surface area (Å²) in [6.07, 6.45) is 8.99. The van der Waals surface area contributed by atoms with Gasteiger partial charge in [0.05, 0.1) is 6.10 Å². The summed E-state index contributed by atoms with van der Waals surface area (Å²) >= 11 is 0. The Morgan fingerprint density at radius 1 is 1.65 bits per heavy atom. The van der Waals surface area contributed by atoms with E-state index in [2.05, 4.69) is 10.3 Å². The molecule has 2 rings (SSSR count). The molecule has 1 aliphatic heterocycles. The van der Waals surface area contributed by atoms with Crippen LogP contribution in [0.5, 0.6) is 0 Å². The minimum atomic E-state index is -0.0932. The molecule has 1 amide bonds. The molecule has 0 bridgehead atoms. The van der Waals surface area contributed by atoms with Gasteiger partial charge in [-0.15, -0.1) is 0 Å². The third kappa shape index (κ3) is 4.00. The molecular formula is C13H16N2O2. The smallest absolute Gasteiger partial charge is 0.244 e. The zero-order valence-electron chi connectivity index (χ0n) is 9.63. The van der Waals surface area contributed by atoms with E-state index in [0.717, 1.165) is 25.0 Å². The Kier molecular flexibility index (Phi) is 4.27. The molecular weight excluding hydrogens is 216 g/mol. The second-order valence-corrected chi connectivity index (χ2v) is 4.00. The second kappa shape index (κ2) is 6.15. The zero-order valence-corrected chi connectivity index (χ0v) is 9.63. The normalized spacial score (nSPS) is 19.6. The van der Waals surface area contributed by atoms with E-state index in [0.29, 0.717) is 6.54 Å². The third-order valence-corrected chi connectivity index (χ3v) is 2.64. The van der Waals surface area contributed by atoms with Crippen LogP contribution in [-0.2, 0) is 9.53 Å². The van der Waals surface area contributed by atoms with E-state index in [1.807, 2.05) is 12.1 Å². The Morgan fingerprint density at radius 3 is 3.29 bits per heavy atom. The summed E-state index contributed by atoms with van der Waals surface area (Å²) in [7, 11) is 0. The summed E-state index contributed by atoms with van der Waals surface area (Å²) in [6.45, 7) is 1.41. The second-order valence-electron chi connectivity index (χ2n) is 4.00. The predicted molar refractivity (Wildman–Crippen MR) is 65.3 cm³/mol.